The summed E-state index contributed by atoms with van der Waals surface area (Å²) in [7, 11) is 1.40. The molecular weight excluding hydrogens is 318 g/mol. The van der Waals surface area contributed by atoms with E-state index in [1.54, 1.807) is 4.90 Å². The number of nitrogens with zero attached hydrogens (tertiary/aromatic N) is 1. The largest absolute Gasteiger partial charge is 0.469 e. The number of hydrogen-bond donors (Lipinski definition) is 0. The molecule has 3 rings (SSSR count). The Hall–Kier alpha value is -2.04. The van der Waals surface area contributed by atoms with Gasteiger partial charge in [-0.2, -0.15) is 0 Å². The first-order valence-corrected chi connectivity index (χ1v) is 9.21. The number of esters is 1. The summed E-state index contributed by atoms with van der Waals surface area (Å²) in [5.74, 6) is 0.883. The van der Waals surface area contributed by atoms with E-state index >= 15 is 0 Å². The van der Waals surface area contributed by atoms with Crippen LogP contribution in [-0.2, 0) is 20.9 Å². The molecule has 3 atom stereocenters. The van der Waals surface area contributed by atoms with Gasteiger partial charge in [0, 0.05) is 12.6 Å². The molecule has 0 N–H and O–H groups in total. The second-order valence-corrected chi connectivity index (χ2v) is 7.17. The first-order chi connectivity index (χ1) is 12.2. The lowest BCUT2D eigenvalue weighted by atomic mass is 9.72. The van der Waals surface area contributed by atoms with Gasteiger partial charge in [0.2, 0.25) is 0 Å². The van der Waals surface area contributed by atoms with Gasteiger partial charge in [0.05, 0.1) is 13.5 Å². The highest BCUT2D eigenvalue weighted by Gasteiger charge is 2.40. The van der Waals surface area contributed by atoms with Crippen LogP contribution in [0.3, 0.4) is 0 Å². The minimum Gasteiger partial charge on any atom is -0.469 e. The van der Waals surface area contributed by atoms with Crippen LogP contribution in [0, 0.1) is 11.8 Å². The van der Waals surface area contributed by atoms with Gasteiger partial charge >= 0.3 is 12.1 Å². The van der Waals surface area contributed by atoms with Crippen LogP contribution in [0.15, 0.2) is 30.3 Å². The molecule has 0 unspecified atom stereocenters. The summed E-state index contributed by atoms with van der Waals surface area (Å²) >= 11 is 0. The Morgan fingerprint density at radius 2 is 1.84 bits per heavy atom. The Balaban J connectivity index is 1.65. The number of rotatable bonds is 4. The van der Waals surface area contributed by atoms with Crippen LogP contribution in [0.1, 0.15) is 44.1 Å². The van der Waals surface area contributed by atoms with Crippen LogP contribution >= 0.6 is 0 Å². The zero-order valence-corrected chi connectivity index (χ0v) is 14.9. The number of likely N-dealkylation sites (tertiary alicyclic amines) is 1. The van der Waals surface area contributed by atoms with Gasteiger partial charge in [-0.05, 0) is 30.2 Å². The summed E-state index contributed by atoms with van der Waals surface area (Å²) in [6, 6.07) is 9.55. The summed E-state index contributed by atoms with van der Waals surface area (Å²) < 4.78 is 10.4. The van der Waals surface area contributed by atoms with E-state index in [1.165, 1.54) is 26.4 Å². The molecule has 1 amide bonds. The summed E-state index contributed by atoms with van der Waals surface area (Å²) in [5, 5.41) is 0. The normalized spacial score (nSPS) is 25.8. The minimum absolute atomic E-state index is 0.116. The number of hydrogen-bond acceptors (Lipinski definition) is 4. The maximum absolute atomic E-state index is 12.7. The highest BCUT2D eigenvalue weighted by atomic mass is 16.6. The topological polar surface area (TPSA) is 55.8 Å². The average Bonchev–Trinajstić information content (AvgIpc) is 2.66. The van der Waals surface area contributed by atoms with Gasteiger partial charge in [-0.15, -0.1) is 0 Å². The molecule has 5 heteroatoms. The van der Waals surface area contributed by atoms with Crippen molar-refractivity contribution in [3.05, 3.63) is 35.9 Å². The van der Waals surface area contributed by atoms with Gasteiger partial charge in [0.25, 0.3) is 0 Å². The molecule has 0 spiro atoms. The zero-order valence-electron chi connectivity index (χ0n) is 14.9. The van der Waals surface area contributed by atoms with E-state index in [4.69, 9.17) is 9.47 Å². The van der Waals surface area contributed by atoms with Crippen molar-refractivity contribution in [1.29, 1.82) is 0 Å². The fourth-order valence-electron chi connectivity index (χ4n) is 4.21. The number of ether oxygens (including phenoxy) is 2. The molecule has 0 radical (unpaired) electrons. The molecule has 1 aromatic carbocycles. The van der Waals surface area contributed by atoms with Gasteiger partial charge in [0.1, 0.15) is 6.61 Å². The van der Waals surface area contributed by atoms with E-state index in [1.807, 2.05) is 30.3 Å². The number of methoxy groups -OCH3 is 1. The Labute approximate surface area is 149 Å². The second-order valence-electron chi connectivity index (χ2n) is 7.17. The van der Waals surface area contributed by atoms with Gasteiger partial charge < -0.3 is 14.4 Å². The SMILES string of the molecule is COC(=O)C[C@H]1C[C@H]2CCCC[C@@H]2CN1C(=O)OCc1ccccc1. The molecule has 0 aromatic heterocycles. The number of fused-ring (bicyclic) bond motifs is 1. The highest BCUT2D eigenvalue weighted by Crippen LogP contribution is 2.39. The first-order valence-electron chi connectivity index (χ1n) is 9.21. The molecule has 136 valence electrons. The van der Waals surface area contributed by atoms with Crippen LogP contribution in [-0.4, -0.2) is 36.7 Å². The summed E-state index contributed by atoms with van der Waals surface area (Å²) in [5.41, 5.74) is 0.966. The maximum Gasteiger partial charge on any atom is 0.410 e. The number of amides is 1. The van der Waals surface area contributed by atoms with Crippen molar-refractivity contribution in [2.45, 2.75) is 51.2 Å². The van der Waals surface area contributed by atoms with Crippen molar-refractivity contribution in [3.63, 3.8) is 0 Å². The molecule has 1 aliphatic carbocycles. The predicted octanol–water partition coefficient (Wildman–Crippen LogP) is 3.77. The Kier molecular flexibility index (Phi) is 5.95. The van der Waals surface area contributed by atoms with E-state index in [0.717, 1.165) is 18.4 Å². The van der Waals surface area contributed by atoms with E-state index in [2.05, 4.69) is 0 Å². The molecule has 1 saturated carbocycles. The molecule has 1 saturated heterocycles. The molecule has 2 fully saturated rings. The Morgan fingerprint density at radius 3 is 2.56 bits per heavy atom. The fraction of sp³-hybridized carbons (Fsp3) is 0.600. The van der Waals surface area contributed by atoms with Gasteiger partial charge in [-0.25, -0.2) is 4.79 Å². The monoisotopic (exact) mass is 345 g/mol. The third-order valence-electron chi connectivity index (χ3n) is 5.58. The van der Waals surface area contributed by atoms with Crippen molar-refractivity contribution in [1.82, 2.24) is 4.90 Å². The van der Waals surface area contributed by atoms with Crippen molar-refractivity contribution in [3.8, 4) is 0 Å². The van der Waals surface area contributed by atoms with E-state index in [9.17, 15) is 9.59 Å². The number of benzene rings is 1. The Bertz CT molecular complexity index is 589. The van der Waals surface area contributed by atoms with Gasteiger partial charge in [0.15, 0.2) is 0 Å². The zero-order chi connectivity index (χ0) is 17.6. The number of carbonyl (C=O) groups is 2. The molecule has 2 aliphatic rings. The van der Waals surface area contributed by atoms with Crippen LogP contribution < -0.4 is 0 Å². The quantitative estimate of drug-likeness (QED) is 0.780. The first kappa shape index (κ1) is 17.8. The molecule has 5 nitrogen and oxygen atoms in total. The molecule has 0 bridgehead atoms. The van der Waals surface area contributed by atoms with Crippen LogP contribution in [0.25, 0.3) is 0 Å². The van der Waals surface area contributed by atoms with Crippen molar-refractivity contribution < 1.29 is 19.1 Å². The smallest absolute Gasteiger partial charge is 0.410 e. The van der Waals surface area contributed by atoms with Crippen molar-refractivity contribution in [2.75, 3.05) is 13.7 Å². The predicted molar refractivity (Wildman–Crippen MR) is 93.8 cm³/mol. The lowest BCUT2D eigenvalue weighted by molar-refractivity contribution is -0.142. The maximum atomic E-state index is 12.7. The molecular formula is C20H27NO4. The lowest BCUT2D eigenvalue weighted by Gasteiger charge is -2.45. The minimum atomic E-state index is -0.318. The third-order valence-corrected chi connectivity index (χ3v) is 5.58. The average molecular weight is 345 g/mol. The number of carbonyl (C=O) groups excluding carboxylic acids is 2. The Morgan fingerprint density at radius 1 is 1.12 bits per heavy atom. The summed E-state index contributed by atoms with van der Waals surface area (Å²) in [6.45, 7) is 0.954. The third kappa shape index (κ3) is 4.53. The molecule has 25 heavy (non-hydrogen) atoms. The van der Waals surface area contributed by atoms with E-state index in [0.29, 0.717) is 18.4 Å². The fourth-order valence-corrected chi connectivity index (χ4v) is 4.21. The summed E-state index contributed by atoms with van der Waals surface area (Å²) in [6.07, 6.45) is 5.66. The molecule has 1 aliphatic heterocycles. The van der Waals surface area contributed by atoms with Crippen LogP contribution in [0.2, 0.25) is 0 Å². The second kappa shape index (κ2) is 8.37. The number of piperidine rings is 1. The van der Waals surface area contributed by atoms with Crippen LogP contribution in [0.4, 0.5) is 4.79 Å². The van der Waals surface area contributed by atoms with E-state index in [-0.39, 0.29) is 31.1 Å². The van der Waals surface area contributed by atoms with Gasteiger partial charge in [-0.3, -0.25) is 4.79 Å². The lowest BCUT2D eigenvalue weighted by Crippen LogP contribution is -2.51. The van der Waals surface area contributed by atoms with Crippen molar-refractivity contribution in [2.24, 2.45) is 11.8 Å². The van der Waals surface area contributed by atoms with Crippen LogP contribution in [0.5, 0.6) is 0 Å². The highest BCUT2D eigenvalue weighted by molar-refractivity contribution is 5.73. The summed E-state index contributed by atoms with van der Waals surface area (Å²) in [4.78, 5) is 26.2. The van der Waals surface area contributed by atoms with E-state index < -0.39 is 0 Å². The van der Waals surface area contributed by atoms with Gasteiger partial charge in [-0.1, -0.05) is 49.6 Å². The molecule has 1 aromatic rings. The molecule has 1 heterocycles. The van der Waals surface area contributed by atoms with Crippen molar-refractivity contribution >= 4 is 12.1 Å². The standard InChI is InChI=1S/C20H27NO4/c1-24-19(22)12-18-11-16-9-5-6-10-17(16)13-21(18)20(23)25-14-15-7-3-2-4-8-15/h2-4,7-8,16-18H,5-6,9-14H2,1H3/t16-,17-,18-/m1/s1.